The predicted octanol–water partition coefficient (Wildman–Crippen LogP) is 2.80. The minimum Gasteiger partial charge on any atom is -0.502 e. The van der Waals surface area contributed by atoms with Crippen LogP contribution in [0.25, 0.3) is 6.08 Å². The molecule has 1 saturated heterocycles. The Bertz CT molecular complexity index is 1090. The Balaban J connectivity index is 1.72. The minimum absolute atomic E-state index is 0.0451. The Labute approximate surface area is 166 Å². The smallest absolute Gasteiger partial charge is 0.311 e. The van der Waals surface area contributed by atoms with Gasteiger partial charge in [0.1, 0.15) is 0 Å². The van der Waals surface area contributed by atoms with E-state index < -0.39 is 27.2 Å². The summed E-state index contributed by atoms with van der Waals surface area (Å²) in [6, 6.07) is 9.43. The Hall–Kier alpha value is -4.06. The number of thioether (sulfide) groups is 1. The first kappa shape index (κ1) is 19.7. The van der Waals surface area contributed by atoms with E-state index >= 15 is 0 Å². The van der Waals surface area contributed by atoms with Gasteiger partial charge in [-0.1, -0.05) is 6.07 Å². The molecule has 0 aliphatic carbocycles. The zero-order chi connectivity index (χ0) is 21.0. The van der Waals surface area contributed by atoms with Crippen molar-refractivity contribution in [3.63, 3.8) is 0 Å². The summed E-state index contributed by atoms with van der Waals surface area (Å²) in [7, 11) is 0. The average molecular weight is 413 g/mol. The van der Waals surface area contributed by atoms with Gasteiger partial charge in [-0.25, -0.2) is 0 Å². The van der Waals surface area contributed by atoms with Crippen LogP contribution in [-0.4, -0.2) is 32.2 Å². The number of rotatable bonds is 5. The summed E-state index contributed by atoms with van der Waals surface area (Å²) >= 11 is 0.989. The Morgan fingerprint density at radius 3 is 2.38 bits per heavy atom. The highest BCUT2D eigenvalue weighted by Gasteiger charge is 2.24. The molecular weight excluding hydrogens is 402 g/mol. The summed E-state index contributed by atoms with van der Waals surface area (Å²) in [4.78, 5) is 32.5. The van der Waals surface area contributed by atoms with Crippen LogP contribution < -0.4 is 5.32 Å². The highest BCUT2D eigenvalue weighted by atomic mass is 32.2. The van der Waals surface area contributed by atoms with Crippen LogP contribution in [0.3, 0.4) is 0 Å². The number of non-ortho nitro benzene ring substituents is 1. The molecule has 0 atom stereocenters. The molecule has 29 heavy (non-hydrogen) atoms. The summed E-state index contributed by atoms with van der Waals surface area (Å²) in [5, 5.41) is 41.4. The van der Waals surface area contributed by atoms with Crippen molar-refractivity contribution in [3.8, 4) is 5.75 Å². The van der Waals surface area contributed by atoms with Crippen LogP contribution in [0.5, 0.6) is 5.75 Å². The molecule has 1 fully saturated rings. The zero-order valence-corrected chi connectivity index (χ0v) is 15.2. The highest BCUT2D eigenvalue weighted by molar-refractivity contribution is 8.18. The number of phenols is 1. The topological polar surface area (TPSA) is 160 Å². The number of carbonyl (C=O) groups is 1. The molecule has 1 heterocycles. The number of hydrogen-bond donors (Lipinski definition) is 2. The molecule has 2 aromatic carbocycles. The van der Waals surface area contributed by atoms with Crippen LogP contribution in [0.4, 0.5) is 11.4 Å². The second-order valence-corrected chi connectivity index (χ2v) is 6.60. The van der Waals surface area contributed by atoms with E-state index in [0.29, 0.717) is 11.1 Å². The molecule has 0 bridgehead atoms. The first-order chi connectivity index (χ1) is 13.8. The number of benzene rings is 2. The Kier molecular flexibility index (Phi) is 5.64. The summed E-state index contributed by atoms with van der Waals surface area (Å²) in [5.74, 6) is -0.918. The monoisotopic (exact) mass is 413 g/mol. The fourth-order valence-electron chi connectivity index (χ4n) is 2.23. The van der Waals surface area contributed by atoms with Gasteiger partial charge in [0.15, 0.2) is 10.9 Å². The summed E-state index contributed by atoms with van der Waals surface area (Å²) < 4.78 is 0. The first-order valence-electron chi connectivity index (χ1n) is 7.87. The van der Waals surface area contributed by atoms with Crippen molar-refractivity contribution in [2.24, 2.45) is 10.2 Å². The van der Waals surface area contributed by atoms with Gasteiger partial charge in [0, 0.05) is 18.2 Å². The van der Waals surface area contributed by atoms with Gasteiger partial charge in [0.2, 0.25) is 0 Å². The van der Waals surface area contributed by atoms with Crippen molar-refractivity contribution in [2.45, 2.75) is 0 Å². The second kappa shape index (κ2) is 8.31. The van der Waals surface area contributed by atoms with Gasteiger partial charge < -0.3 is 5.11 Å². The van der Waals surface area contributed by atoms with E-state index in [1.54, 1.807) is 0 Å². The maximum atomic E-state index is 12.0. The SMILES string of the molecule is O=C1NC(=N/N=C\c2ccc([N+](=O)[O-])cc2)S/C1=C/c1ccc(O)c([N+](=O)[O-])c1. The summed E-state index contributed by atoms with van der Waals surface area (Å²) in [6.45, 7) is 0. The van der Waals surface area contributed by atoms with E-state index in [9.17, 15) is 30.1 Å². The maximum Gasteiger partial charge on any atom is 0.311 e. The molecule has 12 heteroatoms. The van der Waals surface area contributed by atoms with E-state index in [1.807, 2.05) is 0 Å². The van der Waals surface area contributed by atoms with Crippen LogP contribution in [-0.2, 0) is 4.79 Å². The Morgan fingerprint density at radius 2 is 1.72 bits per heavy atom. The molecule has 0 saturated carbocycles. The van der Waals surface area contributed by atoms with Gasteiger partial charge in [-0.2, -0.15) is 5.10 Å². The first-order valence-corrected chi connectivity index (χ1v) is 8.69. The van der Waals surface area contributed by atoms with Crippen molar-refractivity contribution in [2.75, 3.05) is 0 Å². The minimum atomic E-state index is -0.723. The lowest BCUT2D eigenvalue weighted by Crippen LogP contribution is -2.19. The molecule has 0 aromatic heterocycles. The number of phenolic OH excluding ortho intramolecular Hbond substituents is 1. The van der Waals surface area contributed by atoms with E-state index in [2.05, 4.69) is 15.5 Å². The van der Waals surface area contributed by atoms with E-state index in [1.165, 1.54) is 48.7 Å². The van der Waals surface area contributed by atoms with Crippen molar-refractivity contribution in [1.29, 1.82) is 0 Å². The predicted molar refractivity (Wildman–Crippen MR) is 107 cm³/mol. The van der Waals surface area contributed by atoms with E-state index in [4.69, 9.17) is 0 Å². The fourth-order valence-corrected chi connectivity index (χ4v) is 3.01. The molecule has 0 radical (unpaired) electrons. The lowest BCUT2D eigenvalue weighted by atomic mass is 10.1. The molecule has 1 aliphatic heterocycles. The number of nitro benzene ring substituents is 2. The summed E-state index contributed by atoms with van der Waals surface area (Å²) in [6.07, 6.45) is 2.80. The normalized spacial score (nSPS) is 16.5. The third kappa shape index (κ3) is 4.81. The largest absolute Gasteiger partial charge is 0.502 e. The number of amidine groups is 1. The number of hydrogen-bond acceptors (Lipinski definition) is 9. The number of nitrogens with zero attached hydrogens (tertiary/aromatic N) is 4. The van der Waals surface area contributed by atoms with Crippen molar-refractivity contribution in [3.05, 3.63) is 78.7 Å². The molecule has 3 rings (SSSR count). The lowest BCUT2D eigenvalue weighted by Gasteiger charge is -1.98. The van der Waals surface area contributed by atoms with Gasteiger partial charge in [-0.15, -0.1) is 5.10 Å². The molecule has 1 amide bonds. The van der Waals surface area contributed by atoms with Gasteiger partial charge in [0.25, 0.3) is 11.6 Å². The van der Waals surface area contributed by atoms with Crippen molar-refractivity contribution < 1.29 is 19.7 Å². The number of nitro groups is 2. The molecule has 0 unspecified atom stereocenters. The molecule has 11 nitrogen and oxygen atoms in total. The van der Waals surface area contributed by atoms with Crippen LogP contribution in [0, 0.1) is 20.2 Å². The van der Waals surface area contributed by atoms with Gasteiger partial charge in [-0.05, 0) is 47.2 Å². The highest BCUT2D eigenvalue weighted by Crippen LogP contribution is 2.30. The molecular formula is C17H11N5O6S. The molecule has 2 N–H and O–H groups in total. The average Bonchev–Trinajstić information content (AvgIpc) is 3.02. The maximum absolute atomic E-state index is 12.0. The van der Waals surface area contributed by atoms with Crippen LogP contribution in [0.1, 0.15) is 11.1 Å². The number of aromatic hydroxyl groups is 1. The summed E-state index contributed by atoms with van der Waals surface area (Å²) in [5.41, 5.74) is 0.435. The third-order valence-electron chi connectivity index (χ3n) is 3.60. The van der Waals surface area contributed by atoms with Gasteiger partial charge >= 0.3 is 5.69 Å². The van der Waals surface area contributed by atoms with Crippen molar-refractivity contribution >= 4 is 46.5 Å². The van der Waals surface area contributed by atoms with Gasteiger partial charge in [0.05, 0.1) is 21.0 Å². The number of nitrogens with one attached hydrogen (secondary N) is 1. The van der Waals surface area contributed by atoms with E-state index in [0.717, 1.165) is 17.8 Å². The fraction of sp³-hybridized carbons (Fsp3) is 0. The van der Waals surface area contributed by atoms with Crippen molar-refractivity contribution in [1.82, 2.24) is 5.32 Å². The molecule has 1 aliphatic rings. The standard InChI is InChI=1S/C17H11N5O6S/c23-14-6-3-11(7-13(14)22(27)28)8-15-16(24)19-17(29-15)20-18-9-10-1-4-12(5-2-10)21(25)26/h1-9,23H,(H,19,20,24)/b15-8+,18-9-. The zero-order valence-electron chi connectivity index (χ0n) is 14.4. The molecule has 146 valence electrons. The quantitative estimate of drug-likeness (QED) is 0.330. The molecule has 0 spiro atoms. The van der Waals surface area contributed by atoms with Crippen LogP contribution >= 0.6 is 11.8 Å². The van der Waals surface area contributed by atoms with E-state index in [-0.39, 0.29) is 15.8 Å². The molecule has 2 aromatic rings. The number of carbonyl (C=O) groups excluding carboxylic acids is 1. The Morgan fingerprint density at radius 1 is 1.03 bits per heavy atom. The lowest BCUT2D eigenvalue weighted by molar-refractivity contribution is -0.385. The van der Waals surface area contributed by atoms with Crippen LogP contribution in [0.2, 0.25) is 0 Å². The second-order valence-electron chi connectivity index (χ2n) is 5.57. The third-order valence-corrected chi connectivity index (χ3v) is 4.50. The number of amides is 1. The van der Waals surface area contributed by atoms with Crippen LogP contribution in [0.15, 0.2) is 57.6 Å². The van der Waals surface area contributed by atoms with Gasteiger partial charge in [-0.3, -0.25) is 30.3 Å².